The first kappa shape index (κ1) is 17.6. The molecule has 2 bridgehead atoms. The SMILES string of the molecule is N#Cc1ccc2c(c1)[C@@]13CCCC[C@H]1[C@@H](C2=O)N(CCc1ccccc1)CC3. The van der Waals surface area contributed by atoms with Crippen molar-refractivity contribution in [1.29, 1.82) is 5.26 Å². The van der Waals surface area contributed by atoms with Crippen molar-refractivity contribution in [1.82, 2.24) is 4.90 Å². The molecule has 3 nitrogen and oxygen atoms in total. The van der Waals surface area contributed by atoms with E-state index in [1.807, 2.05) is 18.2 Å². The number of nitrogens with zero attached hydrogens (tertiary/aromatic N) is 2. The second-order valence-corrected chi connectivity index (χ2v) is 8.71. The van der Waals surface area contributed by atoms with Gasteiger partial charge in [-0.15, -0.1) is 0 Å². The number of piperidine rings is 1. The van der Waals surface area contributed by atoms with E-state index in [2.05, 4.69) is 41.3 Å². The highest BCUT2D eigenvalue weighted by Crippen LogP contribution is 2.55. The molecular weight excluding hydrogens is 344 g/mol. The summed E-state index contributed by atoms with van der Waals surface area (Å²) in [6.45, 7) is 1.93. The monoisotopic (exact) mass is 370 g/mol. The number of nitriles is 1. The van der Waals surface area contributed by atoms with Crippen LogP contribution in [-0.2, 0) is 11.8 Å². The van der Waals surface area contributed by atoms with Crippen molar-refractivity contribution in [2.75, 3.05) is 13.1 Å². The summed E-state index contributed by atoms with van der Waals surface area (Å²) in [5.41, 5.74) is 4.19. The standard InChI is InChI=1S/C25H26N2O/c26-17-19-9-10-20-22(16-19)25-12-5-4-8-21(25)23(24(20)28)27(15-13-25)14-11-18-6-2-1-3-7-18/h1-3,6-7,9-10,16,21,23H,4-5,8,11-15H2/t21-,23-,25+/m0/s1. The fourth-order valence-electron chi connectivity index (χ4n) is 6.16. The molecular formula is C25H26N2O. The van der Waals surface area contributed by atoms with Gasteiger partial charge in [-0.2, -0.15) is 5.26 Å². The van der Waals surface area contributed by atoms with E-state index >= 15 is 0 Å². The number of rotatable bonds is 3. The molecule has 2 aromatic rings. The molecule has 28 heavy (non-hydrogen) atoms. The molecule has 2 fully saturated rings. The smallest absolute Gasteiger partial charge is 0.180 e. The fraction of sp³-hybridized carbons (Fsp3) is 0.440. The number of hydrogen-bond acceptors (Lipinski definition) is 3. The maximum atomic E-state index is 13.6. The Morgan fingerprint density at radius 3 is 2.79 bits per heavy atom. The van der Waals surface area contributed by atoms with Crippen molar-refractivity contribution in [3.8, 4) is 6.07 Å². The minimum absolute atomic E-state index is 0.0122. The first-order valence-corrected chi connectivity index (χ1v) is 10.6. The number of hydrogen-bond donors (Lipinski definition) is 0. The molecule has 2 aromatic carbocycles. The summed E-state index contributed by atoms with van der Waals surface area (Å²) in [6, 6.07) is 18.7. The maximum Gasteiger partial charge on any atom is 0.180 e. The van der Waals surface area contributed by atoms with Crippen molar-refractivity contribution >= 4 is 5.78 Å². The van der Waals surface area contributed by atoms with Crippen LogP contribution in [0, 0.1) is 17.2 Å². The summed E-state index contributed by atoms with van der Waals surface area (Å²) < 4.78 is 0. The number of Topliss-reactive ketones (excluding diaryl/α,β-unsaturated/α-hetero) is 1. The fourth-order valence-corrected chi connectivity index (χ4v) is 6.16. The average Bonchev–Trinajstić information content (AvgIpc) is 2.76. The van der Waals surface area contributed by atoms with E-state index in [1.165, 1.54) is 24.0 Å². The molecule has 3 aliphatic rings. The molecule has 0 radical (unpaired) electrons. The maximum absolute atomic E-state index is 13.6. The van der Waals surface area contributed by atoms with Gasteiger partial charge < -0.3 is 0 Å². The molecule has 5 rings (SSSR count). The average molecular weight is 370 g/mol. The van der Waals surface area contributed by atoms with E-state index in [1.54, 1.807) is 0 Å². The number of likely N-dealkylation sites (tertiary alicyclic amines) is 1. The Bertz CT molecular complexity index is 945. The number of carbonyl (C=O) groups is 1. The minimum Gasteiger partial charge on any atom is -0.293 e. The third kappa shape index (κ3) is 2.63. The van der Waals surface area contributed by atoms with Gasteiger partial charge in [0.05, 0.1) is 17.7 Å². The van der Waals surface area contributed by atoms with Gasteiger partial charge in [-0.25, -0.2) is 0 Å². The first-order valence-electron chi connectivity index (χ1n) is 10.6. The van der Waals surface area contributed by atoms with Crippen LogP contribution in [0.25, 0.3) is 0 Å². The lowest BCUT2D eigenvalue weighted by Crippen LogP contribution is -2.63. The van der Waals surface area contributed by atoms with Crippen LogP contribution < -0.4 is 0 Å². The van der Waals surface area contributed by atoms with Gasteiger partial charge in [0.1, 0.15) is 0 Å². The number of ketones is 1. The molecule has 3 atom stereocenters. The molecule has 1 heterocycles. The van der Waals surface area contributed by atoms with Crippen molar-refractivity contribution in [2.24, 2.45) is 5.92 Å². The summed E-state index contributed by atoms with van der Waals surface area (Å²) >= 11 is 0. The van der Waals surface area contributed by atoms with Crippen LogP contribution in [-0.4, -0.2) is 29.8 Å². The van der Waals surface area contributed by atoms with Gasteiger partial charge in [0, 0.05) is 17.5 Å². The van der Waals surface area contributed by atoms with Crippen molar-refractivity contribution in [3.63, 3.8) is 0 Å². The first-order chi connectivity index (χ1) is 13.7. The van der Waals surface area contributed by atoms with E-state index in [9.17, 15) is 10.1 Å². The molecule has 142 valence electrons. The Hall–Kier alpha value is -2.44. The normalized spacial score (nSPS) is 28.9. The summed E-state index contributed by atoms with van der Waals surface area (Å²) in [5.74, 6) is 0.689. The Kier molecular flexibility index (Phi) is 4.33. The summed E-state index contributed by atoms with van der Waals surface area (Å²) in [7, 11) is 0. The van der Waals surface area contributed by atoms with E-state index in [-0.39, 0.29) is 17.2 Å². The van der Waals surface area contributed by atoms with Gasteiger partial charge in [0.25, 0.3) is 0 Å². The van der Waals surface area contributed by atoms with Crippen LogP contribution in [0.4, 0.5) is 0 Å². The predicted octanol–water partition coefficient (Wildman–Crippen LogP) is 4.50. The van der Waals surface area contributed by atoms with Gasteiger partial charge in [-0.3, -0.25) is 9.69 Å². The van der Waals surface area contributed by atoms with Gasteiger partial charge in [0.2, 0.25) is 0 Å². The molecule has 0 spiro atoms. The second kappa shape index (κ2) is 6.87. The lowest BCUT2D eigenvalue weighted by atomic mass is 9.52. The topological polar surface area (TPSA) is 44.1 Å². The van der Waals surface area contributed by atoms with Crippen LogP contribution in [0.5, 0.6) is 0 Å². The van der Waals surface area contributed by atoms with E-state index < -0.39 is 0 Å². The van der Waals surface area contributed by atoms with Gasteiger partial charge in [-0.1, -0.05) is 43.2 Å². The Labute approximate surface area is 167 Å². The third-order valence-corrected chi connectivity index (χ3v) is 7.47. The second-order valence-electron chi connectivity index (χ2n) is 8.71. The highest BCUT2D eigenvalue weighted by molar-refractivity contribution is 6.04. The molecule has 1 saturated carbocycles. The summed E-state index contributed by atoms with van der Waals surface area (Å²) in [5, 5.41) is 9.40. The minimum atomic E-state index is 0.0122. The Morgan fingerprint density at radius 2 is 1.96 bits per heavy atom. The van der Waals surface area contributed by atoms with E-state index in [0.29, 0.717) is 11.5 Å². The molecule has 2 aliphatic carbocycles. The Balaban J connectivity index is 1.52. The van der Waals surface area contributed by atoms with Gasteiger partial charge in [0.15, 0.2) is 5.78 Å². The van der Waals surface area contributed by atoms with Gasteiger partial charge >= 0.3 is 0 Å². The number of fused-ring (bicyclic) bond motifs is 1. The molecule has 3 heteroatoms. The van der Waals surface area contributed by atoms with Gasteiger partial charge in [-0.05, 0) is 67.5 Å². The number of carbonyl (C=O) groups excluding carboxylic acids is 1. The van der Waals surface area contributed by atoms with Crippen molar-refractivity contribution in [2.45, 2.75) is 50.0 Å². The zero-order valence-electron chi connectivity index (χ0n) is 16.2. The quantitative estimate of drug-likeness (QED) is 0.799. The Morgan fingerprint density at radius 1 is 1.11 bits per heavy atom. The lowest BCUT2D eigenvalue weighted by molar-refractivity contribution is -0.00208. The van der Waals surface area contributed by atoms with E-state index in [4.69, 9.17) is 0 Å². The highest BCUT2D eigenvalue weighted by atomic mass is 16.1. The predicted molar refractivity (Wildman–Crippen MR) is 109 cm³/mol. The molecule has 0 aromatic heterocycles. The molecule has 0 amide bonds. The zero-order chi connectivity index (χ0) is 19.1. The lowest BCUT2D eigenvalue weighted by Gasteiger charge is -2.58. The molecule has 0 N–H and O–H groups in total. The van der Waals surface area contributed by atoms with Crippen LogP contribution >= 0.6 is 0 Å². The van der Waals surface area contributed by atoms with Crippen molar-refractivity contribution < 1.29 is 4.79 Å². The third-order valence-electron chi connectivity index (χ3n) is 7.47. The largest absolute Gasteiger partial charge is 0.293 e. The molecule has 0 unspecified atom stereocenters. The highest BCUT2D eigenvalue weighted by Gasteiger charge is 2.56. The van der Waals surface area contributed by atoms with E-state index in [0.717, 1.165) is 44.3 Å². The summed E-state index contributed by atoms with van der Waals surface area (Å²) in [6.07, 6.45) is 6.85. The zero-order valence-corrected chi connectivity index (χ0v) is 16.2. The number of benzene rings is 2. The van der Waals surface area contributed by atoms with Crippen LogP contribution in [0.2, 0.25) is 0 Å². The van der Waals surface area contributed by atoms with Crippen LogP contribution in [0.3, 0.4) is 0 Å². The molecule has 1 aliphatic heterocycles. The van der Waals surface area contributed by atoms with Crippen molar-refractivity contribution in [3.05, 3.63) is 70.8 Å². The van der Waals surface area contributed by atoms with Crippen LogP contribution in [0.1, 0.15) is 59.2 Å². The van der Waals surface area contributed by atoms with Crippen LogP contribution in [0.15, 0.2) is 48.5 Å². The molecule has 1 saturated heterocycles. The summed E-state index contributed by atoms with van der Waals surface area (Å²) in [4.78, 5) is 16.0.